The van der Waals surface area contributed by atoms with Gasteiger partial charge in [0.1, 0.15) is 18.1 Å². The monoisotopic (exact) mass is 528 g/mol. The summed E-state index contributed by atoms with van der Waals surface area (Å²) < 4.78 is 44.7. The van der Waals surface area contributed by atoms with Crippen molar-refractivity contribution in [3.05, 3.63) is 108 Å². The number of rotatable bonds is 12. The predicted molar refractivity (Wildman–Crippen MR) is 137 cm³/mol. The number of hydrogen-bond donors (Lipinski definition) is 0. The second kappa shape index (κ2) is 14.2. The Morgan fingerprint density at radius 2 is 1.22 bits per heavy atom. The van der Waals surface area contributed by atoms with Crippen LogP contribution in [0, 0.1) is 0 Å². The molecule has 6 nitrogen and oxygen atoms in total. The van der Waals surface area contributed by atoms with Gasteiger partial charge in [-0.2, -0.15) is 0 Å². The highest BCUT2D eigenvalue weighted by Gasteiger charge is 2.50. The van der Waals surface area contributed by atoms with E-state index in [0.717, 1.165) is 16.7 Å². The Morgan fingerprint density at radius 1 is 0.730 bits per heavy atom. The highest BCUT2D eigenvalue weighted by molar-refractivity contribution is 6.26. The molecule has 0 radical (unpaired) electrons. The van der Waals surface area contributed by atoms with Crippen LogP contribution in [-0.4, -0.2) is 49.2 Å². The lowest BCUT2D eigenvalue weighted by molar-refractivity contribution is -0.291. The maximum Gasteiger partial charge on any atom is 0.321 e. The highest BCUT2D eigenvalue weighted by Crippen LogP contribution is 2.31. The number of benzene rings is 3. The Morgan fingerprint density at radius 3 is 1.73 bits per heavy atom. The molecule has 0 aliphatic carbocycles. The van der Waals surface area contributed by atoms with Crippen molar-refractivity contribution in [1.82, 2.24) is 0 Å². The van der Waals surface area contributed by atoms with Crippen molar-refractivity contribution in [2.24, 2.45) is 0 Å². The molecule has 1 fully saturated rings. The first kappa shape index (κ1) is 27.2. The number of carbonyl (C=O) groups is 1. The largest absolute Gasteiger partial charge is 0.456 e. The third kappa shape index (κ3) is 8.09. The molecule has 1 aliphatic heterocycles. The summed E-state index contributed by atoms with van der Waals surface area (Å²) >= 11 is 5.73. The highest BCUT2D eigenvalue weighted by atomic mass is 35.5. The fourth-order valence-electron chi connectivity index (χ4n) is 4.09. The molecular weight excluding hydrogens is 499 g/mol. The second-order valence-electron chi connectivity index (χ2n) is 8.64. The standard InChI is InChI=1S/C29H30ClFO6/c30-16-25(32)37-27-26(34-18-22-12-6-2-7-13-22)24(20-33-17-21-10-4-1-5-11-21)36-29(31)28(27)35-19-23-14-8-3-9-15-23/h1-15,24,26-29H,16-20H2/t24-,26+,27+,28-,29-/m1/s1. The van der Waals surface area contributed by atoms with Crippen molar-refractivity contribution in [3.63, 3.8) is 0 Å². The van der Waals surface area contributed by atoms with E-state index in [4.69, 9.17) is 35.3 Å². The summed E-state index contributed by atoms with van der Waals surface area (Å²) in [6.07, 6.45) is -5.92. The van der Waals surface area contributed by atoms with Crippen LogP contribution in [0.1, 0.15) is 16.7 Å². The summed E-state index contributed by atoms with van der Waals surface area (Å²) in [7, 11) is 0. The molecule has 0 saturated carbocycles. The third-order valence-electron chi connectivity index (χ3n) is 5.92. The van der Waals surface area contributed by atoms with E-state index in [9.17, 15) is 4.79 Å². The summed E-state index contributed by atoms with van der Waals surface area (Å²) in [5.41, 5.74) is 2.70. The minimum Gasteiger partial charge on any atom is -0.456 e. The lowest BCUT2D eigenvalue weighted by atomic mass is 9.98. The molecule has 1 saturated heterocycles. The van der Waals surface area contributed by atoms with Crippen LogP contribution in [-0.2, 0) is 48.3 Å². The van der Waals surface area contributed by atoms with Crippen molar-refractivity contribution in [1.29, 1.82) is 0 Å². The molecule has 4 rings (SSSR count). The van der Waals surface area contributed by atoms with Gasteiger partial charge in [0, 0.05) is 0 Å². The summed E-state index contributed by atoms with van der Waals surface area (Å²) in [6, 6.07) is 28.4. The van der Waals surface area contributed by atoms with Crippen LogP contribution in [0.3, 0.4) is 0 Å². The van der Waals surface area contributed by atoms with Crippen molar-refractivity contribution in [2.75, 3.05) is 12.5 Å². The van der Waals surface area contributed by atoms with Gasteiger partial charge in [0.15, 0.2) is 12.2 Å². The molecule has 3 aromatic rings. The SMILES string of the molecule is O=C(CCl)O[C@@H]1[C@@H](OCc2ccccc2)[C@H](F)O[C@H](COCc2ccccc2)[C@@H]1OCc1ccccc1. The van der Waals surface area contributed by atoms with Gasteiger partial charge in [-0.15, -0.1) is 11.6 Å². The molecule has 3 aromatic carbocycles. The van der Waals surface area contributed by atoms with E-state index < -0.39 is 36.7 Å². The topological polar surface area (TPSA) is 63.2 Å². The summed E-state index contributed by atoms with van der Waals surface area (Å²) in [5, 5.41) is 0. The van der Waals surface area contributed by atoms with Gasteiger partial charge in [-0.1, -0.05) is 91.0 Å². The molecule has 196 valence electrons. The molecule has 0 aromatic heterocycles. The molecule has 1 aliphatic rings. The van der Waals surface area contributed by atoms with E-state index in [1.807, 2.05) is 91.0 Å². The minimum atomic E-state index is -1.88. The van der Waals surface area contributed by atoms with E-state index in [2.05, 4.69) is 0 Å². The van der Waals surface area contributed by atoms with Gasteiger partial charge in [-0.3, -0.25) is 4.79 Å². The maximum absolute atomic E-state index is 15.4. The fourth-order valence-corrected chi connectivity index (χ4v) is 4.16. The predicted octanol–water partition coefficient (Wildman–Crippen LogP) is 5.22. The van der Waals surface area contributed by atoms with Crippen molar-refractivity contribution >= 4 is 17.6 Å². The molecule has 8 heteroatoms. The molecule has 0 unspecified atom stereocenters. The smallest absolute Gasteiger partial charge is 0.321 e. The minimum absolute atomic E-state index is 0.0229. The first-order valence-corrected chi connectivity index (χ1v) is 12.6. The van der Waals surface area contributed by atoms with Crippen LogP contribution >= 0.6 is 11.6 Å². The zero-order valence-corrected chi connectivity index (χ0v) is 21.0. The quantitative estimate of drug-likeness (QED) is 0.237. The fraction of sp³-hybridized carbons (Fsp3) is 0.345. The summed E-state index contributed by atoms with van der Waals surface area (Å²) in [6.45, 7) is 0.629. The normalized spacial score (nSPS) is 23.5. The molecule has 0 bridgehead atoms. The van der Waals surface area contributed by atoms with Crippen LogP contribution in [0.4, 0.5) is 4.39 Å². The van der Waals surface area contributed by atoms with Gasteiger partial charge in [-0.05, 0) is 16.7 Å². The van der Waals surface area contributed by atoms with Crippen LogP contribution in [0.15, 0.2) is 91.0 Å². The van der Waals surface area contributed by atoms with Crippen molar-refractivity contribution in [3.8, 4) is 0 Å². The van der Waals surface area contributed by atoms with Crippen LogP contribution in [0.25, 0.3) is 0 Å². The van der Waals surface area contributed by atoms with Gasteiger partial charge < -0.3 is 23.7 Å². The molecule has 0 N–H and O–H groups in total. The molecule has 5 atom stereocenters. The lowest BCUT2D eigenvalue weighted by Gasteiger charge is -2.43. The van der Waals surface area contributed by atoms with Crippen molar-refractivity contribution in [2.45, 2.75) is 50.6 Å². The Bertz CT molecular complexity index is 1070. The van der Waals surface area contributed by atoms with E-state index in [1.165, 1.54) is 0 Å². The molecule has 37 heavy (non-hydrogen) atoms. The maximum atomic E-state index is 15.4. The van der Waals surface area contributed by atoms with Gasteiger partial charge in [0.2, 0.25) is 6.36 Å². The Hall–Kier alpha value is -2.81. The second-order valence-corrected chi connectivity index (χ2v) is 8.90. The number of esters is 1. The average molecular weight is 529 g/mol. The number of ether oxygens (including phenoxy) is 5. The molecule has 0 amide bonds. The van der Waals surface area contributed by atoms with E-state index in [-0.39, 0.29) is 25.7 Å². The Labute approximate surface area is 221 Å². The molecular formula is C29H30ClFO6. The molecule has 1 heterocycles. The number of hydrogen-bond acceptors (Lipinski definition) is 6. The summed E-state index contributed by atoms with van der Waals surface area (Å²) in [4.78, 5) is 12.3. The lowest BCUT2D eigenvalue weighted by Crippen LogP contribution is -2.60. The van der Waals surface area contributed by atoms with Crippen LogP contribution < -0.4 is 0 Å². The summed E-state index contributed by atoms with van der Waals surface area (Å²) in [5.74, 6) is -1.09. The number of carbonyl (C=O) groups excluding carboxylic acids is 1. The van der Waals surface area contributed by atoms with Gasteiger partial charge in [-0.25, -0.2) is 4.39 Å². The number of halogens is 2. The van der Waals surface area contributed by atoms with Crippen LogP contribution in [0.2, 0.25) is 0 Å². The number of alkyl halides is 2. The first-order valence-electron chi connectivity index (χ1n) is 12.1. The van der Waals surface area contributed by atoms with Gasteiger partial charge in [0.25, 0.3) is 0 Å². The zero-order chi connectivity index (χ0) is 25.9. The Kier molecular flexibility index (Phi) is 10.5. The zero-order valence-electron chi connectivity index (χ0n) is 20.3. The van der Waals surface area contributed by atoms with Crippen molar-refractivity contribution < 1.29 is 32.9 Å². The van der Waals surface area contributed by atoms with Crippen LogP contribution in [0.5, 0.6) is 0 Å². The van der Waals surface area contributed by atoms with E-state index in [0.29, 0.717) is 6.61 Å². The van der Waals surface area contributed by atoms with E-state index in [1.54, 1.807) is 0 Å². The average Bonchev–Trinajstić information content (AvgIpc) is 2.94. The third-order valence-corrected chi connectivity index (χ3v) is 6.14. The Balaban J connectivity index is 1.52. The molecule has 0 spiro atoms. The van der Waals surface area contributed by atoms with Gasteiger partial charge in [0.05, 0.1) is 26.4 Å². The first-order chi connectivity index (χ1) is 18.1. The van der Waals surface area contributed by atoms with E-state index >= 15 is 4.39 Å². The van der Waals surface area contributed by atoms with Gasteiger partial charge >= 0.3 is 5.97 Å².